The third kappa shape index (κ3) is 4.13. The smallest absolute Gasteiger partial charge is 0.303 e. The van der Waals surface area contributed by atoms with E-state index in [0.717, 1.165) is 0 Å². The molecule has 7 nitrogen and oxygen atoms in total. The zero-order valence-corrected chi connectivity index (χ0v) is 13.1. The fourth-order valence-corrected chi connectivity index (χ4v) is 2.95. The van der Waals surface area contributed by atoms with Crippen molar-refractivity contribution in [2.75, 3.05) is 13.1 Å². The molecule has 0 bridgehead atoms. The number of nitrogens with zero attached hydrogens (tertiary/aromatic N) is 1. The van der Waals surface area contributed by atoms with Crippen molar-refractivity contribution in [2.45, 2.75) is 51.5 Å². The van der Waals surface area contributed by atoms with Crippen LogP contribution in [0.1, 0.15) is 46.0 Å². The van der Waals surface area contributed by atoms with Gasteiger partial charge in [-0.15, -0.1) is 0 Å². The van der Waals surface area contributed by atoms with Crippen LogP contribution in [-0.4, -0.2) is 52.1 Å². The summed E-state index contributed by atoms with van der Waals surface area (Å²) in [5.74, 6) is -2.29. The van der Waals surface area contributed by atoms with Gasteiger partial charge in [-0.1, -0.05) is 0 Å². The first kappa shape index (κ1) is 18.3. The Morgan fingerprint density at radius 2 is 1.95 bits per heavy atom. The molecule has 1 saturated heterocycles. The molecule has 1 aliphatic rings. The molecule has 0 aliphatic carbocycles. The van der Waals surface area contributed by atoms with Crippen LogP contribution in [0.25, 0.3) is 0 Å². The Kier molecular flexibility index (Phi) is 6.22. The zero-order valence-electron chi connectivity index (χ0n) is 13.1. The minimum absolute atomic E-state index is 0.0343. The van der Waals surface area contributed by atoms with Crippen molar-refractivity contribution in [1.82, 2.24) is 4.90 Å². The Balaban J connectivity index is 2.81. The Morgan fingerprint density at radius 1 is 1.32 bits per heavy atom. The van der Waals surface area contributed by atoms with E-state index in [1.807, 2.05) is 0 Å². The lowest BCUT2D eigenvalue weighted by atomic mass is 9.84. The third-order valence-corrected chi connectivity index (χ3v) is 4.43. The number of carbonyl (C=O) groups excluding carboxylic acids is 3. The van der Waals surface area contributed by atoms with Crippen LogP contribution in [0.5, 0.6) is 0 Å². The second-order valence-electron chi connectivity index (χ2n) is 5.99. The first-order chi connectivity index (χ1) is 10.2. The van der Waals surface area contributed by atoms with Gasteiger partial charge in [0.05, 0.1) is 12.1 Å². The summed E-state index contributed by atoms with van der Waals surface area (Å²) in [5.41, 5.74) is 4.44. The van der Waals surface area contributed by atoms with Gasteiger partial charge in [-0.3, -0.25) is 19.2 Å². The number of carbonyl (C=O) groups is 4. The van der Waals surface area contributed by atoms with Gasteiger partial charge in [-0.2, -0.15) is 0 Å². The number of aliphatic carboxylic acids is 1. The predicted octanol–water partition coefficient (Wildman–Crippen LogP) is 0.355. The number of hydrogen-bond donors (Lipinski definition) is 2. The standard InChI is InChI=1S/C15H24N2O5/c1-10(18)11(4-5-14(21)22)8-12(19)15(2)6-3-7-17(15)13(20)9-16/h11H,3-9,16H2,1-2H3,(H,21,22)/t11-,15+/m1/s1. The first-order valence-electron chi connectivity index (χ1n) is 7.48. The van der Waals surface area contributed by atoms with E-state index in [1.54, 1.807) is 6.92 Å². The van der Waals surface area contributed by atoms with E-state index in [0.29, 0.717) is 19.4 Å². The van der Waals surface area contributed by atoms with Gasteiger partial charge in [0.2, 0.25) is 5.91 Å². The van der Waals surface area contributed by atoms with Gasteiger partial charge in [-0.05, 0) is 33.1 Å². The van der Waals surface area contributed by atoms with Gasteiger partial charge < -0.3 is 15.7 Å². The molecule has 1 aliphatic heterocycles. The maximum Gasteiger partial charge on any atom is 0.303 e. The monoisotopic (exact) mass is 312 g/mol. The van der Waals surface area contributed by atoms with Crippen molar-refractivity contribution in [3.63, 3.8) is 0 Å². The van der Waals surface area contributed by atoms with E-state index >= 15 is 0 Å². The van der Waals surface area contributed by atoms with Crippen molar-refractivity contribution >= 4 is 23.4 Å². The highest BCUT2D eigenvalue weighted by atomic mass is 16.4. The Labute approximate surface area is 129 Å². The SMILES string of the molecule is CC(=O)[C@H](CCC(=O)O)CC(=O)[C@]1(C)CCCN1C(=O)CN. The first-order valence-corrected chi connectivity index (χ1v) is 7.48. The van der Waals surface area contributed by atoms with Crippen LogP contribution in [0.4, 0.5) is 0 Å². The lowest BCUT2D eigenvalue weighted by Gasteiger charge is -2.34. The van der Waals surface area contributed by atoms with Gasteiger partial charge in [-0.25, -0.2) is 0 Å². The number of ketones is 2. The van der Waals surface area contributed by atoms with E-state index in [9.17, 15) is 19.2 Å². The molecule has 1 rings (SSSR count). The van der Waals surface area contributed by atoms with E-state index in [4.69, 9.17) is 10.8 Å². The van der Waals surface area contributed by atoms with Crippen LogP contribution in [-0.2, 0) is 19.2 Å². The average Bonchev–Trinajstić information content (AvgIpc) is 2.85. The number of amides is 1. The summed E-state index contributed by atoms with van der Waals surface area (Å²) in [7, 11) is 0. The number of rotatable bonds is 8. The highest BCUT2D eigenvalue weighted by molar-refractivity contribution is 5.96. The molecule has 1 amide bonds. The van der Waals surface area contributed by atoms with E-state index in [-0.39, 0.29) is 43.3 Å². The third-order valence-electron chi connectivity index (χ3n) is 4.43. The lowest BCUT2D eigenvalue weighted by molar-refractivity contribution is -0.143. The maximum atomic E-state index is 12.6. The van der Waals surface area contributed by atoms with Crippen LogP contribution < -0.4 is 5.73 Å². The number of likely N-dealkylation sites (tertiary alicyclic amines) is 1. The molecule has 7 heteroatoms. The zero-order chi connectivity index (χ0) is 16.9. The summed E-state index contributed by atoms with van der Waals surface area (Å²) in [4.78, 5) is 48.3. The van der Waals surface area contributed by atoms with Crippen LogP contribution in [0.2, 0.25) is 0 Å². The fourth-order valence-electron chi connectivity index (χ4n) is 2.95. The molecule has 0 aromatic rings. The molecule has 1 fully saturated rings. The van der Waals surface area contributed by atoms with Gasteiger partial charge in [0.1, 0.15) is 5.78 Å². The quantitative estimate of drug-likeness (QED) is 0.668. The number of Topliss-reactive ketones (excluding diaryl/α,β-unsaturated/α-hetero) is 2. The van der Waals surface area contributed by atoms with E-state index in [2.05, 4.69) is 0 Å². The molecule has 0 saturated carbocycles. The molecule has 0 aromatic heterocycles. The topological polar surface area (TPSA) is 118 Å². The van der Waals surface area contributed by atoms with Gasteiger partial charge >= 0.3 is 5.97 Å². The minimum atomic E-state index is -0.995. The molecule has 2 atom stereocenters. The number of carboxylic acid groups (broad SMARTS) is 1. The van der Waals surface area contributed by atoms with Crippen molar-refractivity contribution < 1.29 is 24.3 Å². The molecule has 0 radical (unpaired) electrons. The maximum absolute atomic E-state index is 12.6. The molecule has 0 unspecified atom stereocenters. The van der Waals surface area contributed by atoms with E-state index in [1.165, 1.54) is 11.8 Å². The molecular formula is C15H24N2O5. The summed E-state index contributed by atoms with van der Waals surface area (Å²) >= 11 is 0. The number of hydrogen-bond acceptors (Lipinski definition) is 5. The summed E-state index contributed by atoms with van der Waals surface area (Å²) in [6, 6.07) is 0. The lowest BCUT2D eigenvalue weighted by Crippen LogP contribution is -2.53. The molecule has 22 heavy (non-hydrogen) atoms. The minimum Gasteiger partial charge on any atom is -0.481 e. The summed E-state index contributed by atoms with van der Waals surface area (Å²) in [5, 5.41) is 8.72. The molecule has 124 valence electrons. The van der Waals surface area contributed by atoms with E-state index < -0.39 is 17.4 Å². The predicted molar refractivity (Wildman–Crippen MR) is 79.1 cm³/mol. The normalized spacial score (nSPS) is 22.4. The second kappa shape index (κ2) is 7.49. The Hall–Kier alpha value is -1.76. The highest BCUT2D eigenvalue weighted by Gasteiger charge is 2.45. The fraction of sp³-hybridized carbons (Fsp3) is 0.733. The van der Waals surface area contributed by atoms with Crippen molar-refractivity contribution in [3.8, 4) is 0 Å². The Bertz CT molecular complexity index is 477. The summed E-state index contributed by atoms with van der Waals surface area (Å²) in [6.07, 6.45) is 1.21. The van der Waals surface area contributed by atoms with Crippen molar-refractivity contribution in [2.24, 2.45) is 11.7 Å². The summed E-state index contributed by atoms with van der Waals surface area (Å²) < 4.78 is 0. The summed E-state index contributed by atoms with van der Waals surface area (Å²) in [6.45, 7) is 3.39. The van der Waals surface area contributed by atoms with Gasteiger partial charge in [0.25, 0.3) is 0 Å². The number of nitrogens with two attached hydrogens (primary N) is 1. The van der Waals surface area contributed by atoms with Crippen molar-refractivity contribution in [1.29, 1.82) is 0 Å². The highest BCUT2D eigenvalue weighted by Crippen LogP contribution is 2.32. The number of carboxylic acids is 1. The van der Waals surface area contributed by atoms with Crippen LogP contribution in [0.3, 0.4) is 0 Å². The van der Waals surface area contributed by atoms with Gasteiger partial charge in [0.15, 0.2) is 5.78 Å². The second-order valence-corrected chi connectivity index (χ2v) is 5.99. The molecule has 0 spiro atoms. The van der Waals surface area contributed by atoms with Gasteiger partial charge in [0, 0.05) is 25.3 Å². The van der Waals surface area contributed by atoms with Crippen LogP contribution in [0, 0.1) is 5.92 Å². The molecule has 3 N–H and O–H groups in total. The molecular weight excluding hydrogens is 288 g/mol. The van der Waals surface area contributed by atoms with Crippen LogP contribution >= 0.6 is 0 Å². The largest absolute Gasteiger partial charge is 0.481 e. The Morgan fingerprint density at radius 3 is 2.45 bits per heavy atom. The average molecular weight is 312 g/mol. The molecule has 1 heterocycles. The van der Waals surface area contributed by atoms with Crippen LogP contribution in [0.15, 0.2) is 0 Å². The van der Waals surface area contributed by atoms with Crippen molar-refractivity contribution in [3.05, 3.63) is 0 Å². The molecule has 0 aromatic carbocycles.